The fraction of sp³-hybridized carbons (Fsp3) is 0.600. The molecular formula is C35H53N3O2. The van der Waals surface area contributed by atoms with Crippen molar-refractivity contribution >= 4 is 16.7 Å². The van der Waals surface area contributed by atoms with Crippen molar-refractivity contribution < 1.29 is 11.0 Å². The van der Waals surface area contributed by atoms with Gasteiger partial charge in [-0.15, -0.1) is 0 Å². The molecule has 0 spiro atoms. The third-order valence-corrected chi connectivity index (χ3v) is 9.07. The number of rotatable bonds is 9. The first-order valence-electron chi connectivity index (χ1n) is 15.8. The van der Waals surface area contributed by atoms with Crippen LogP contribution in [-0.4, -0.2) is 47.6 Å². The number of nitrogens with zero attached hydrogens (tertiary/aromatic N) is 2. The van der Waals surface area contributed by atoms with Crippen LogP contribution in [0.1, 0.15) is 107 Å². The first-order chi connectivity index (χ1) is 19.4. The molecule has 2 atom stereocenters. The van der Waals surface area contributed by atoms with Crippen LogP contribution in [0, 0.1) is 18.3 Å². The number of fused-ring (bicyclic) bond motifs is 2. The molecule has 3 aromatic rings. The van der Waals surface area contributed by atoms with Crippen molar-refractivity contribution in [2.75, 3.05) is 26.7 Å². The predicted molar refractivity (Wildman–Crippen MR) is 169 cm³/mol. The molecule has 1 aromatic heterocycles. The summed E-state index contributed by atoms with van der Waals surface area (Å²) >= 11 is 0. The number of benzene rings is 2. The van der Waals surface area contributed by atoms with E-state index in [1.54, 1.807) is 0 Å². The molecule has 1 aliphatic carbocycles. The van der Waals surface area contributed by atoms with Crippen LogP contribution < -0.4 is 4.74 Å². The molecule has 1 saturated heterocycles. The second-order valence-electron chi connectivity index (χ2n) is 12.2. The van der Waals surface area contributed by atoms with E-state index >= 15 is 0 Å². The summed E-state index contributed by atoms with van der Waals surface area (Å²) in [6.45, 7) is 13.6. The molecule has 1 N–H and O–H groups in total. The molecule has 0 saturated carbocycles. The molecule has 2 heterocycles. The SMILES string of the molecule is CC.CCCc1[nH]nc2cc(C)c(C(=O)C3(C)CCc4ccc(OCCCC5CCCN(C)CC5)cc4C3)cc12.[HH]. The topological polar surface area (TPSA) is 58.2 Å². The number of ketones is 1. The summed E-state index contributed by atoms with van der Waals surface area (Å²) in [5, 5.41) is 8.75. The van der Waals surface area contributed by atoms with Gasteiger partial charge in [0.1, 0.15) is 5.75 Å². The molecule has 5 rings (SSSR count). The fourth-order valence-electron chi connectivity index (χ4n) is 6.60. The van der Waals surface area contributed by atoms with Crippen molar-refractivity contribution in [3.8, 4) is 5.75 Å². The second kappa shape index (κ2) is 13.8. The number of H-pyrrole nitrogens is 1. The molecule has 1 fully saturated rings. The van der Waals surface area contributed by atoms with Gasteiger partial charge in [-0.05, 0) is 132 Å². The van der Waals surface area contributed by atoms with Crippen LogP contribution in [0.2, 0.25) is 0 Å². The van der Waals surface area contributed by atoms with Gasteiger partial charge in [0.15, 0.2) is 5.78 Å². The van der Waals surface area contributed by atoms with Crippen LogP contribution in [0.25, 0.3) is 10.9 Å². The van der Waals surface area contributed by atoms with Gasteiger partial charge in [0.25, 0.3) is 0 Å². The Bertz CT molecular complexity index is 1290. The Morgan fingerprint density at radius 1 is 1.18 bits per heavy atom. The smallest absolute Gasteiger partial charge is 0.169 e. The molecule has 2 aromatic carbocycles. The molecule has 5 nitrogen and oxygen atoms in total. The maximum Gasteiger partial charge on any atom is 0.169 e. The van der Waals surface area contributed by atoms with Crippen LogP contribution in [0.15, 0.2) is 30.3 Å². The molecule has 5 heteroatoms. The van der Waals surface area contributed by atoms with E-state index in [1.807, 2.05) is 20.8 Å². The maximum atomic E-state index is 14.0. The number of aryl methyl sites for hydroxylation is 3. The van der Waals surface area contributed by atoms with E-state index < -0.39 is 5.41 Å². The molecule has 2 aliphatic rings. The lowest BCUT2D eigenvalue weighted by Gasteiger charge is -2.34. The molecular weight excluding hydrogens is 494 g/mol. The number of carbonyl (C=O) groups excluding carboxylic acids is 1. The molecule has 2 unspecified atom stereocenters. The minimum Gasteiger partial charge on any atom is -0.494 e. The average molecular weight is 548 g/mol. The lowest BCUT2D eigenvalue weighted by molar-refractivity contribution is 0.0792. The van der Waals surface area contributed by atoms with E-state index in [4.69, 9.17) is 4.74 Å². The number of aromatic amines is 1. The second-order valence-corrected chi connectivity index (χ2v) is 12.2. The number of ether oxygens (including phenoxy) is 1. The Balaban J connectivity index is 0.00000151. The Hall–Kier alpha value is -2.66. The number of likely N-dealkylation sites (tertiary alicyclic amines) is 1. The minimum atomic E-state index is -0.411. The van der Waals surface area contributed by atoms with Crippen LogP contribution in [0.4, 0.5) is 0 Å². The summed E-state index contributed by atoms with van der Waals surface area (Å²) in [6.07, 6.45) is 10.9. The van der Waals surface area contributed by atoms with Crippen molar-refractivity contribution in [1.82, 2.24) is 15.1 Å². The third-order valence-electron chi connectivity index (χ3n) is 9.07. The Morgan fingerprint density at radius 2 is 2.00 bits per heavy atom. The summed E-state index contributed by atoms with van der Waals surface area (Å²) in [5.74, 6) is 2.04. The third kappa shape index (κ3) is 6.97. The van der Waals surface area contributed by atoms with E-state index in [1.165, 1.54) is 49.9 Å². The minimum absolute atomic E-state index is 0. The van der Waals surface area contributed by atoms with E-state index in [0.717, 1.165) is 84.5 Å². The van der Waals surface area contributed by atoms with Gasteiger partial charge in [0.2, 0.25) is 0 Å². The number of aromatic nitrogens is 2. The highest BCUT2D eigenvalue weighted by Gasteiger charge is 2.38. The van der Waals surface area contributed by atoms with Gasteiger partial charge in [-0.2, -0.15) is 5.10 Å². The number of Topliss-reactive ketones (excluding diaryl/α,β-unsaturated/α-hetero) is 1. The zero-order valence-electron chi connectivity index (χ0n) is 25.9. The van der Waals surface area contributed by atoms with E-state index in [-0.39, 0.29) is 7.21 Å². The monoisotopic (exact) mass is 547 g/mol. The number of carbonyl (C=O) groups is 1. The van der Waals surface area contributed by atoms with Crippen molar-refractivity contribution in [3.63, 3.8) is 0 Å². The van der Waals surface area contributed by atoms with Crippen molar-refractivity contribution in [2.45, 2.75) is 98.8 Å². The van der Waals surface area contributed by atoms with Gasteiger partial charge in [-0.25, -0.2) is 0 Å². The van der Waals surface area contributed by atoms with E-state index in [2.05, 4.69) is 66.3 Å². The standard InChI is InChI=1S/C33H45N3O2.C2H6.H2/c1-5-8-30-29-21-28(23(2)19-31(29)35-34-30)32(37)33(3)15-13-25-11-12-27(20-26(25)22-33)38-18-7-10-24-9-6-16-36(4)17-14-24;1-2;/h11-12,19-21,24H,5-10,13-18,22H2,1-4H3,(H,34,35);1-2H3;1H. The molecule has 40 heavy (non-hydrogen) atoms. The lowest BCUT2D eigenvalue weighted by Crippen LogP contribution is -2.34. The van der Waals surface area contributed by atoms with E-state index in [0.29, 0.717) is 0 Å². The zero-order chi connectivity index (χ0) is 28.7. The van der Waals surface area contributed by atoms with Crippen molar-refractivity contribution in [1.29, 1.82) is 0 Å². The van der Waals surface area contributed by atoms with E-state index in [9.17, 15) is 4.79 Å². The number of hydrogen-bond donors (Lipinski definition) is 1. The Kier molecular flexibility index (Phi) is 10.5. The van der Waals surface area contributed by atoms with Gasteiger partial charge in [0, 0.05) is 23.5 Å². The van der Waals surface area contributed by atoms with Crippen LogP contribution in [0.3, 0.4) is 0 Å². The summed E-state index contributed by atoms with van der Waals surface area (Å²) < 4.78 is 6.22. The number of hydrogen-bond acceptors (Lipinski definition) is 4. The summed E-state index contributed by atoms with van der Waals surface area (Å²) in [5.41, 5.74) is 6.16. The Labute approximate surface area is 243 Å². The number of nitrogens with one attached hydrogen (secondary N) is 1. The highest BCUT2D eigenvalue weighted by molar-refractivity contribution is 6.04. The molecule has 0 amide bonds. The molecule has 0 bridgehead atoms. The van der Waals surface area contributed by atoms with Crippen LogP contribution >= 0.6 is 0 Å². The largest absolute Gasteiger partial charge is 0.494 e. The Morgan fingerprint density at radius 3 is 2.80 bits per heavy atom. The predicted octanol–water partition coefficient (Wildman–Crippen LogP) is 8.36. The molecule has 1 aliphatic heterocycles. The van der Waals surface area contributed by atoms with Gasteiger partial charge in [-0.3, -0.25) is 9.89 Å². The van der Waals surface area contributed by atoms with Gasteiger partial charge in [-0.1, -0.05) is 40.2 Å². The van der Waals surface area contributed by atoms with Crippen molar-refractivity contribution in [2.24, 2.45) is 11.3 Å². The first-order valence-corrected chi connectivity index (χ1v) is 15.8. The molecule has 0 radical (unpaired) electrons. The normalized spacial score (nSPS) is 21.3. The quantitative estimate of drug-likeness (QED) is 0.216. The fourth-order valence-corrected chi connectivity index (χ4v) is 6.60. The van der Waals surface area contributed by atoms with Crippen molar-refractivity contribution in [3.05, 3.63) is 58.3 Å². The summed E-state index contributed by atoms with van der Waals surface area (Å²) in [4.78, 5) is 16.5. The van der Waals surface area contributed by atoms with Crippen LogP contribution in [0.5, 0.6) is 5.75 Å². The molecule has 220 valence electrons. The lowest BCUT2D eigenvalue weighted by atomic mass is 9.68. The highest BCUT2D eigenvalue weighted by atomic mass is 16.5. The summed E-state index contributed by atoms with van der Waals surface area (Å²) in [6, 6.07) is 10.7. The maximum absolute atomic E-state index is 14.0. The zero-order valence-corrected chi connectivity index (χ0v) is 25.9. The summed E-state index contributed by atoms with van der Waals surface area (Å²) in [7, 11) is 2.24. The highest BCUT2D eigenvalue weighted by Crippen LogP contribution is 2.40. The first kappa shape index (κ1) is 30.3. The van der Waals surface area contributed by atoms with Crippen LogP contribution in [-0.2, 0) is 19.3 Å². The van der Waals surface area contributed by atoms with Gasteiger partial charge >= 0.3 is 0 Å². The van der Waals surface area contributed by atoms with Gasteiger partial charge in [0.05, 0.1) is 12.1 Å². The average Bonchev–Trinajstić information content (AvgIpc) is 3.21. The van der Waals surface area contributed by atoms with Gasteiger partial charge < -0.3 is 9.64 Å².